The van der Waals surface area contributed by atoms with Gasteiger partial charge in [-0.1, -0.05) is 26.0 Å². The Hall–Kier alpha value is -0.320. The number of nitrogens with one attached hydrogen (secondary N) is 1. The van der Waals surface area contributed by atoms with Gasteiger partial charge >= 0.3 is 0 Å². The highest BCUT2D eigenvalue weighted by Crippen LogP contribution is 2.34. The van der Waals surface area contributed by atoms with Crippen LogP contribution in [0.2, 0.25) is 0 Å². The zero-order valence-corrected chi connectivity index (χ0v) is 14.9. The second-order valence-corrected chi connectivity index (χ2v) is 8.30. The lowest BCUT2D eigenvalue weighted by Gasteiger charge is -2.35. The van der Waals surface area contributed by atoms with Crippen LogP contribution < -0.4 is 10.1 Å². The molecule has 1 aliphatic heterocycles. The Kier molecular flexibility index (Phi) is 7.27. The van der Waals surface area contributed by atoms with Gasteiger partial charge in [-0.3, -0.25) is 0 Å². The smallest absolute Gasteiger partial charge is 0.119 e. The third-order valence-electron chi connectivity index (χ3n) is 3.88. The molecule has 0 saturated carbocycles. The summed E-state index contributed by atoms with van der Waals surface area (Å²) in [4.78, 5) is 0. The molecular weight excluding hydrogens is 298 g/mol. The van der Waals surface area contributed by atoms with Crippen LogP contribution in [-0.4, -0.2) is 41.7 Å². The Morgan fingerprint density at radius 2 is 2.14 bits per heavy atom. The van der Waals surface area contributed by atoms with E-state index in [4.69, 9.17) is 4.74 Å². The maximum absolute atomic E-state index is 5.35. The Labute approximate surface area is 137 Å². The number of methoxy groups -OCH3 is 1. The molecule has 0 amide bonds. The lowest BCUT2D eigenvalue weighted by atomic mass is 10.0. The van der Waals surface area contributed by atoms with Crippen LogP contribution in [0.4, 0.5) is 0 Å². The molecule has 3 unspecified atom stereocenters. The Balaban J connectivity index is 2.07. The fraction of sp³-hybridized carbons (Fsp3) is 0.647. The summed E-state index contributed by atoms with van der Waals surface area (Å²) in [6.45, 7) is 5.72. The molecule has 21 heavy (non-hydrogen) atoms. The third-order valence-corrected chi connectivity index (χ3v) is 7.13. The fourth-order valence-corrected chi connectivity index (χ4v) is 5.74. The first-order valence-corrected chi connectivity index (χ1v) is 9.94. The molecule has 0 radical (unpaired) electrons. The molecule has 0 bridgehead atoms. The Morgan fingerprint density at radius 3 is 2.86 bits per heavy atom. The molecule has 118 valence electrons. The molecule has 1 aromatic carbocycles. The van der Waals surface area contributed by atoms with E-state index in [1.165, 1.54) is 23.5 Å². The van der Waals surface area contributed by atoms with Gasteiger partial charge in [0.1, 0.15) is 5.75 Å². The normalized spacial score (nSPS) is 23.8. The molecule has 3 atom stereocenters. The molecule has 1 aliphatic rings. The first kappa shape index (κ1) is 17.0. The van der Waals surface area contributed by atoms with Crippen molar-refractivity contribution in [2.24, 2.45) is 0 Å². The molecule has 0 aliphatic carbocycles. The van der Waals surface area contributed by atoms with Gasteiger partial charge in [0.2, 0.25) is 0 Å². The van der Waals surface area contributed by atoms with E-state index in [0.29, 0.717) is 11.3 Å². The topological polar surface area (TPSA) is 21.3 Å². The van der Waals surface area contributed by atoms with Gasteiger partial charge in [-0.2, -0.15) is 23.5 Å². The molecule has 1 aromatic rings. The maximum atomic E-state index is 5.35. The first-order chi connectivity index (χ1) is 10.2. The average Bonchev–Trinajstić information content (AvgIpc) is 2.52. The van der Waals surface area contributed by atoms with Crippen molar-refractivity contribution in [1.29, 1.82) is 0 Å². The van der Waals surface area contributed by atoms with Crippen molar-refractivity contribution >= 4 is 23.5 Å². The first-order valence-electron chi connectivity index (χ1n) is 7.84. The highest BCUT2D eigenvalue weighted by atomic mass is 32.2. The SMILES string of the molecule is CCCNC(Cc1cccc(OC)c1)C1SCCSC1C. The minimum Gasteiger partial charge on any atom is -0.497 e. The molecule has 0 spiro atoms. The highest BCUT2D eigenvalue weighted by molar-refractivity contribution is 8.07. The highest BCUT2D eigenvalue weighted by Gasteiger charge is 2.30. The zero-order valence-electron chi connectivity index (χ0n) is 13.3. The van der Waals surface area contributed by atoms with Crippen LogP contribution in [-0.2, 0) is 6.42 Å². The van der Waals surface area contributed by atoms with Gasteiger partial charge in [-0.05, 0) is 37.1 Å². The zero-order chi connectivity index (χ0) is 15.1. The summed E-state index contributed by atoms with van der Waals surface area (Å²) < 4.78 is 5.35. The summed E-state index contributed by atoms with van der Waals surface area (Å²) >= 11 is 4.27. The van der Waals surface area contributed by atoms with Crippen LogP contribution in [0, 0.1) is 0 Å². The van der Waals surface area contributed by atoms with Gasteiger partial charge in [-0.15, -0.1) is 0 Å². The van der Waals surface area contributed by atoms with Gasteiger partial charge < -0.3 is 10.1 Å². The second kappa shape index (κ2) is 8.96. The van der Waals surface area contributed by atoms with Crippen molar-refractivity contribution < 1.29 is 4.74 Å². The lowest BCUT2D eigenvalue weighted by Crippen LogP contribution is -2.46. The molecule has 1 N–H and O–H groups in total. The summed E-state index contributed by atoms with van der Waals surface area (Å²) in [6.07, 6.45) is 2.27. The van der Waals surface area contributed by atoms with Crippen molar-refractivity contribution in [3.05, 3.63) is 29.8 Å². The maximum Gasteiger partial charge on any atom is 0.119 e. The predicted octanol–water partition coefficient (Wildman–Crippen LogP) is 3.84. The lowest BCUT2D eigenvalue weighted by molar-refractivity contribution is 0.413. The van der Waals surface area contributed by atoms with Crippen molar-refractivity contribution in [2.75, 3.05) is 25.2 Å². The molecule has 4 heteroatoms. The number of hydrogen-bond acceptors (Lipinski definition) is 4. The summed E-state index contributed by atoms with van der Waals surface area (Å²) in [5.74, 6) is 3.53. The number of thioether (sulfide) groups is 2. The van der Waals surface area contributed by atoms with E-state index in [1.807, 2.05) is 6.07 Å². The Morgan fingerprint density at radius 1 is 1.33 bits per heavy atom. The summed E-state index contributed by atoms with van der Waals surface area (Å²) in [5.41, 5.74) is 1.37. The van der Waals surface area contributed by atoms with E-state index >= 15 is 0 Å². The van der Waals surface area contributed by atoms with Gasteiger partial charge in [0.05, 0.1) is 7.11 Å². The molecule has 1 saturated heterocycles. The van der Waals surface area contributed by atoms with Crippen LogP contribution in [0.15, 0.2) is 24.3 Å². The molecule has 1 heterocycles. The second-order valence-electron chi connectivity index (χ2n) is 5.53. The molecular formula is C17H27NOS2. The standard InChI is InChI=1S/C17H27NOS2/c1-4-8-18-16(17-13(2)20-9-10-21-17)12-14-6-5-7-15(11-14)19-3/h5-7,11,13,16-18H,4,8-10,12H2,1-3H3. The molecule has 2 nitrogen and oxygen atoms in total. The summed E-state index contributed by atoms with van der Waals surface area (Å²) in [7, 11) is 1.74. The monoisotopic (exact) mass is 325 g/mol. The van der Waals surface area contributed by atoms with Crippen molar-refractivity contribution in [3.8, 4) is 5.75 Å². The van der Waals surface area contributed by atoms with E-state index in [1.54, 1.807) is 7.11 Å². The molecule has 1 fully saturated rings. The third kappa shape index (κ3) is 5.11. The van der Waals surface area contributed by atoms with Crippen molar-refractivity contribution in [1.82, 2.24) is 5.32 Å². The quantitative estimate of drug-likeness (QED) is 0.822. The van der Waals surface area contributed by atoms with E-state index in [9.17, 15) is 0 Å². The van der Waals surface area contributed by atoms with Crippen LogP contribution in [0.1, 0.15) is 25.8 Å². The van der Waals surface area contributed by atoms with Crippen LogP contribution in [0.5, 0.6) is 5.75 Å². The number of benzene rings is 1. The predicted molar refractivity (Wildman–Crippen MR) is 96.9 cm³/mol. The van der Waals surface area contributed by atoms with E-state index in [-0.39, 0.29) is 0 Å². The van der Waals surface area contributed by atoms with Gasteiger partial charge in [0.15, 0.2) is 0 Å². The number of ether oxygens (including phenoxy) is 1. The van der Waals surface area contributed by atoms with Crippen LogP contribution in [0.25, 0.3) is 0 Å². The van der Waals surface area contributed by atoms with Crippen LogP contribution in [0.3, 0.4) is 0 Å². The van der Waals surface area contributed by atoms with Gasteiger partial charge in [0, 0.05) is 28.0 Å². The van der Waals surface area contributed by atoms with Gasteiger partial charge in [0.25, 0.3) is 0 Å². The van der Waals surface area contributed by atoms with E-state index < -0.39 is 0 Å². The van der Waals surface area contributed by atoms with Crippen molar-refractivity contribution in [2.45, 2.75) is 43.2 Å². The summed E-state index contributed by atoms with van der Waals surface area (Å²) in [6, 6.07) is 9.05. The summed E-state index contributed by atoms with van der Waals surface area (Å²) in [5, 5.41) is 5.20. The van der Waals surface area contributed by atoms with Crippen LogP contribution >= 0.6 is 23.5 Å². The fourth-order valence-electron chi connectivity index (χ4n) is 2.78. The minimum atomic E-state index is 0.546. The number of hydrogen-bond donors (Lipinski definition) is 1. The van der Waals surface area contributed by atoms with Gasteiger partial charge in [-0.25, -0.2) is 0 Å². The largest absolute Gasteiger partial charge is 0.497 e. The average molecular weight is 326 g/mol. The van der Waals surface area contributed by atoms with E-state index in [0.717, 1.165) is 24.0 Å². The van der Waals surface area contributed by atoms with E-state index in [2.05, 4.69) is 60.9 Å². The minimum absolute atomic E-state index is 0.546. The van der Waals surface area contributed by atoms with Crippen molar-refractivity contribution in [3.63, 3.8) is 0 Å². The molecule has 2 rings (SSSR count). The Bertz CT molecular complexity index is 427. The number of rotatable bonds is 7. The molecule has 0 aromatic heterocycles.